The van der Waals surface area contributed by atoms with Gasteiger partial charge in [-0.2, -0.15) is 5.10 Å². The summed E-state index contributed by atoms with van der Waals surface area (Å²) in [5, 5.41) is 6.52. The number of carbonyl (C=O) groups excluding carboxylic acids is 1. The molecule has 1 aromatic heterocycles. The van der Waals surface area contributed by atoms with Crippen molar-refractivity contribution in [2.75, 3.05) is 0 Å². The number of hydrogen-bond acceptors (Lipinski definition) is 4. The minimum atomic E-state index is -0.120. The van der Waals surface area contributed by atoms with E-state index in [1.165, 1.54) is 5.56 Å². The lowest BCUT2D eigenvalue weighted by atomic mass is 9.96. The molecule has 0 radical (unpaired) electrons. The summed E-state index contributed by atoms with van der Waals surface area (Å²) in [5.41, 5.74) is 5.97. The second-order valence-corrected chi connectivity index (χ2v) is 7.63. The van der Waals surface area contributed by atoms with Gasteiger partial charge < -0.3 is 0 Å². The summed E-state index contributed by atoms with van der Waals surface area (Å²) in [6.07, 6.45) is 5.72. The highest BCUT2D eigenvalue weighted by Crippen LogP contribution is 2.35. The van der Waals surface area contributed by atoms with Crippen molar-refractivity contribution in [2.24, 2.45) is 11.0 Å². The fourth-order valence-corrected chi connectivity index (χ4v) is 3.91. The maximum absolute atomic E-state index is 13.3. The van der Waals surface area contributed by atoms with Crippen LogP contribution in [0, 0.1) is 12.8 Å². The molecule has 0 spiro atoms. The Labute approximate surface area is 171 Å². The predicted octanol–water partition coefficient (Wildman–Crippen LogP) is 5.05. The summed E-state index contributed by atoms with van der Waals surface area (Å²) in [5.74, 6) is 0.0835. The predicted molar refractivity (Wildman–Crippen MR) is 116 cm³/mol. The SMILES string of the molecule is CCC(CC)C(=O)N1N=C(c2ccc(C)cc2)C[C@@H]1c1ccc2nccnc2c1. The zero-order valence-corrected chi connectivity index (χ0v) is 17.2. The molecule has 1 aliphatic rings. The van der Waals surface area contributed by atoms with Gasteiger partial charge in [0.15, 0.2) is 0 Å². The van der Waals surface area contributed by atoms with Gasteiger partial charge in [-0.1, -0.05) is 49.7 Å². The monoisotopic (exact) mass is 386 g/mol. The number of carbonyl (C=O) groups is 1. The molecule has 5 nitrogen and oxygen atoms in total. The van der Waals surface area contributed by atoms with Crippen LogP contribution in [0.5, 0.6) is 0 Å². The van der Waals surface area contributed by atoms with Crippen molar-refractivity contribution in [3.05, 3.63) is 71.5 Å². The van der Waals surface area contributed by atoms with Gasteiger partial charge in [0, 0.05) is 24.7 Å². The Morgan fingerprint density at radius 1 is 1.03 bits per heavy atom. The number of aromatic nitrogens is 2. The number of rotatable bonds is 5. The van der Waals surface area contributed by atoms with Crippen LogP contribution in [-0.4, -0.2) is 26.6 Å². The lowest BCUT2D eigenvalue weighted by molar-refractivity contribution is -0.137. The van der Waals surface area contributed by atoms with Gasteiger partial charge in [-0.05, 0) is 43.0 Å². The molecule has 1 amide bonds. The third kappa shape index (κ3) is 3.77. The van der Waals surface area contributed by atoms with Crippen LogP contribution in [0.3, 0.4) is 0 Å². The van der Waals surface area contributed by atoms with Crippen molar-refractivity contribution in [1.82, 2.24) is 15.0 Å². The number of hydrogen-bond donors (Lipinski definition) is 0. The average molecular weight is 386 g/mol. The zero-order valence-electron chi connectivity index (χ0n) is 17.2. The molecule has 0 fully saturated rings. The maximum Gasteiger partial charge on any atom is 0.246 e. The Kier molecular flexibility index (Phi) is 5.38. The Morgan fingerprint density at radius 3 is 2.41 bits per heavy atom. The van der Waals surface area contributed by atoms with E-state index in [0.29, 0.717) is 6.42 Å². The topological polar surface area (TPSA) is 58.5 Å². The second kappa shape index (κ2) is 8.11. The summed E-state index contributed by atoms with van der Waals surface area (Å²) in [4.78, 5) is 22.1. The van der Waals surface area contributed by atoms with Gasteiger partial charge >= 0.3 is 0 Å². The van der Waals surface area contributed by atoms with Crippen molar-refractivity contribution in [3.8, 4) is 0 Å². The first-order valence-corrected chi connectivity index (χ1v) is 10.3. The summed E-state index contributed by atoms with van der Waals surface area (Å²) in [7, 11) is 0. The minimum Gasteiger partial charge on any atom is -0.273 e. The highest BCUT2D eigenvalue weighted by atomic mass is 16.2. The van der Waals surface area contributed by atoms with Crippen LogP contribution in [-0.2, 0) is 4.79 Å². The van der Waals surface area contributed by atoms with E-state index in [1.807, 2.05) is 18.2 Å². The molecular formula is C24H26N4O. The molecule has 0 saturated heterocycles. The quantitative estimate of drug-likeness (QED) is 0.616. The van der Waals surface area contributed by atoms with Crippen molar-refractivity contribution in [3.63, 3.8) is 0 Å². The van der Waals surface area contributed by atoms with Crippen molar-refractivity contribution >= 4 is 22.7 Å². The van der Waals surface area contributed by atoms with Crippen LogP contribution < -0.4 is 0 Å². The third-order valence-corrected chi connectivity index (χ3v) is 5.73. The van der Waals surface area contributed by atoms with Crippen LogP contribution >= 0.6 is 0 Å². The lowest BCUT2D eigenvalue weighted by Gasteiger charge is -2.25. The molecule has 0 unspecified atom stereocenters. The maximum atomic E-state index is 13.3. The van der Waals surface area contributed by atoms with E-state index in [0.717, 1.165) is 40.7 Å². The Morgan fingerprint density at radius 2 is 1.72 bits per heavy atom. The van der Waals surface area contributed by atoms with Crippen LogP contribution in [0.2, 0.25) is 0 Å². The number of nitrogens with zero attached hydrogens (tertiary/aromatic N) is 4. The number of hydrazone groups is 1. The Bertz CT molecular complexity index is 1050. The minimum absolute atomic E-state index is 0.0149. The fourth-order valence-electron chi connectivity index (χ4n) is 3.91. The summed E-state index contributed by atoms with van der Waals surface area (Å²) >= 11 is 0. The molecule has 0 aliphatic carbocycles. The van der Waals surface area contributed by atoms with Gasteiger partial charge in [-0.15, -0.1) is 0 Å². The van der Waals surface area contributed by atoms with Gasteiger partial charge in [0.1, 0.15) is 0 Å². The molecule has 3 aromatic rings. The molecule has 148 valence electrons. The van der Waals surface area contributed by atoms with E-state index >= 15 is 0 Å². The standard InChI is InChI=1S/C24H26N4O/c1-4-17(5-2)24(29)28-23(15-21(27-28)18-8-6-16(3)7-9-18)19-10-11-20-22(14-19)26-13-12-25-20/h6-14,17,23H,4-5,15H2,1-3H3/t23-/m1/s1. The lowest BCUT2D eigenvalue weighted by Crippen LogP contribution is -2.32. The average Bonchev–Trinajstić information content (AvgIpc) is 3.20. The summed E-state index contributed by atoms with van der Waals surface area (Å²) in [6, 6.07) is 14.3. The molecule has 5 heteroatoms. The smallest absolute Gasteiger partial charge is 0.246 e. The second-order valence-electron chi connectivity index (χ2n) is 7.63. The highest BCUT2D eigenvalue weighted by molar-refractivity contribution is 6.03. The molecule has 1 aliphatic heterocycles. The van der Waals surface area contributed by atoms with Gasteiger partial charge in [0.05, 0.1) is 22.8 Å². The molecule has 0 N–H and O–H groups in total. The normalized spacial score (nSPS) is 16.5. The number of benzene rings is 2. The van der Waals surface area contributed by atoms with Crippen LogP contribution in [0.1, 0.15) is 55.8 Å². The van der Waals surface area contributed by atoms with Crippen LogP contribution in [0.15, 0.2) is 60.0 Å². The first-order chi connectivity index (χ1) is 14.1. The third-order valence-electron chi connectivity index (χ3n) is 5.73. The van der Waals surface area contributed by atoms with Gasteiger partial charge in [0.25, 0.3) is 0 Å². The molecule has 29 heavy (non-hydrogen) atoms. The highest BCUT2D eigenvalue weighted by Gasteiger charge is 2.35. The first kappa shape index (κ1) is 19.2. The van der Waals surface area contributed by atoms with E-state index < -0.39 is 0 Å². The van der Waals surface area contributed by atoms with Crippen LogP contribution in [0.4, 0.5) is 0 Å². The van der Waals surface area contributed by atoms with Crippen molar-refractivity contribution < 1.29 is 4.79 Å². The fraction of sp³-hybridized carbons (Fsp3) is 0.333. The molecule has 0 bridgehead atoms. The van der Waals surface area contributed by atoms with E-state index in [1.54, 1.807) is 17.4 Å². The molecule has 1 atom stereocenters. The molecule has 4 rings (SSSR count). The van der Waals surface area contributed by atoms with E-state index in [2.05, 4.69) is 55.0 Å². The largest absolute Gasteiger partial charge is 0.273 e. The Balaban J connectivity index is 1.73. The summed E-state index contributed by atoms with van der Waals surface area (Å²) in [6.45, 7) is 6.20. The molecule has 2 heterocycles. The number of aryl methyl sites for hydroxylation is 1. The van der Waals surface area contributed by atoms with Crippen molar-refractivity contribution in [1.29, 1.82) is 0 Å². The Hall–Kier alpha value is -3.08. The first-order valence-electron chi connectivity index (χ1n) is 10.3. The van der Waals surface area contributed by atoms with E-state index in [-0.39, 0.29) is 17.9 Å². The zero-order chi connectivity index (χ0) is 20.4. The van der Waals surface area contributed by atoms with E-state index in [9.17, 15) is 4.79 Å². The molecule has 0 saturated carbocycles. The number of amides is 1. The molecule has 2 aromatic carbocycles. The van der Waals surface area contributed by atoms with Gasteiger partial charge in [-0.3, -0.25) is 14.8 Å². The van der Waals surface area contributed by atoms with Gasteiger partial charge in [-0.25, -0.2) is 5.01 Å². The number of fused-ring (bicyclic) bond motifs is 1. The van der Waals surface area contributed by atoms with E-state index in [4.69, 9.17) is 5.10 Å². The molecular weight excluding hydrogens is 360 g/mol. The van der Waals surface area contributed by atoms with Crippen LogP contribution in [0.25, 0.3) is 11.0 Å². The summed E-state index contributed by atoms with van der Waals surface area (Å²) < 4.78 is 0. The van der Waals surface area contributed by atoms with Gasteiger partial charge in [0.2, 0.25) is 5.91 Å². The van der Waals surface area contributed by atoms with Crippen molar-refractivity contribution in [2.45, 2.75) is 46.1 Å².